The smallest absolute Gasteiger partial charge is 0.224 e. The average molecular weight is 451 g/mol. The van der Waals surface area contributed by atoms with Crippen molar-refractivity contribution in [1.29, 1.82) is 0 Å². The highest BCUT2D eigenvalue weighted by Crippen LogP contribution is 2.53. The van der Waals surface area contributed by atoms with Crippen LogP contribution in [0.5, 0.6) is 5.75 Å². The molecule has 1 spiro atoms. The molecule has 3 aromatic rings. The van der Waals surface area contributed by atoms with Crippen LogP contribution in [0.4, 0.5) is 0 Å². The quantitative estimate of drug-likeness (QED) is 0.590. The van der Waals surface area contributed by atoms with Gasteiger partial charge in [0.05, 0.1) is 11.5 Å². The van der Waals surface area contributed by atoms with Gasteiger partial charge in [0.1, 0.15) is 0 Å². The maximum atomic E-state index is 13.2. The second-order valence-electron chi connectivity index (χ2n) is 8.50. The van der Waals surface area contributed by atoms with Gasteiger partial charge in [0, 0.05) is 34.5 Å². The summed E-state index contributed by atoms with van der Waals surface area (Å²) in [5.74, 6) is 0.200. The van der Waals surface area contributed by atoms with Gasteiger partial charge in [-0.25, -0.2) is 0 Å². The summed E-state index contributed by atoms with van der Waals surface area (Å²) in [4.78, 5) is 26.6. The van der Waals surface area contributed by atoms with Crippen molar-refractivity contribution in [3.63, 3.8) is 0 Å². The molecule has 2 aromatic carbocycles. The molecule has 0 radical (unpaired) electrons. The topological polar surface area (TPSA) is 62.5 Å². The molecule has 156 valence electrons. The first-order valence-corrected chi connectivity index (χ1v) is 11.6. The Kier molecular flexibility index (Phi) is 4.08. The Balaban J connectivity index is 1.63. The van der Waals surface area contributed by atoms with Crippen LogP contribution in [-0.4, -0.2) is 22.1 Å². The summed E-state index contributed by atoms with van der Waals surface area (Å²) in [5.41, 5.74) is 2.44. The predicted octanol–water partition coefficient (Wildman–Crippen LogP) is 4.52. The number of carbonyl (C=O) groups is 1. The Morgan fingerprint density at radius 2 is 1.87 bits per heavy atom. The van der Waals surface area contributed by atoms with Gasteiger partial charge in [-0.15, -0.1) is 11.8 Å². The van der Waals surface area contributed by atoms with Crippen molar-refractivity contribution < 1.29 is 9.90 Å². The van der Waals surface area contributed by atoms with E-state index in [1.165, 1.54) is 11.0 Å². The number of nitrogens with zero attached hydrogens (tertiary/aromatic N) is 2. The van der Waals surface area contributed by atoms with Crippen molar-refractivity contribution in [2.45, 2.75) is 29.5 Å². The molecule has 31 heavy (non-hydrogen) atoms. The monoisotopic (exact) mass is 450 g/mol. The number of aromatic hydroxyl groups is 1. The Hall–Kier alpha value is -2.70. The molecule has 6 rings (SSSR count). The van der Waals surface area contributed by atoms with Crippen LogP contribution in [0.25, 0.3) is 0 Å². The second kappa shape index (κ2) is 6.65. The van der Waals surface area contributed by atoms with Crippen molar-refractivity contribution >= 4 is 29.1 Å². The van der Waals surface area contributed by atoms with Crippen molar-refractivity contribution in [1.82, 2.24) is 4.68 Å². The fourth-order valence-electron chi connectivity index (χ4n) is 4.85. The maximum absolute atomic E-state index is 13.2. The van der Waals surface area contributed by atoms with Gasteiger partial charge in [-0.3, -0.25) is 19.3 Å². The number of fused-ring (bicyclic) bond motifs is 3. The first-order chi connectivity index (χ1) is 15.0. The van der Waals surface area contributed by atoms with Crippen LogP contribution in [0.3, 0.4) is 0 Å². The van der Waals surface area contributed by atoms with Crippen LogP contribution in [0.1, 0.15) is 46.1 Å². The molecule has 7 heteroatoms. The van der Waals surface area contributed by atoms with Gasteiger partial charge in [0.25, 0.3) is 0 Å². The molecule has 0 amide bonds. The molecule has 3 heterocycles. The Morgan fingerprint density at radius 1 is 1.06 bits per heavy atom. The Labute approximate surface area is 188 Å². The number of carbonyl (C=O) groups excluding carboxylic acids is 1. The SMILES string of the molecule is O=C1c2c(O)c(=O)ccn2N(C2c3ccc(Cl)cc3CSc3ccccc32)CC12CC2. The normalized spacial score (nSPS) is 20.6. The predicted molar refractivity (Wildman–Crippen MR) is 121 cm³/mol. The van der Waals surface area contributed by atoms with E-state index in [0.29, 0.717) is 11.6 Å². The molecular weight excluding hydrogens is 432 g/mol. The fourth-order valence-corrected chi connectivity index (χ4v) is 6.13. The van der Waals surface area contributed by atoms with Gasteiger partial charge in [0.2, 0.25) is 5.43 Å². The lowest BCUT2D eigenvalue weighted by atomic mass is 9.90. The number of hydrogen-bond acceptors (Lipinski definition) is 5. The first-order valence-electron chi connectivity index (χ1n) is 10.2. The zero-order valence-corrected chi connectivity index (χ0v) is 18.1. The largest absolute Gasteiger partial charge is 0.503 e. The molecule has 3 aliphatic rings. The standard InChI is InChI=1S/C24H19ClN2O3S/c25-15-5-6-16-14(11-15)12-31-19-4-2-1-3-17(19)20(16)27-13-24(8-9-24)23(30)21-22(29)18(28)7-10-26(21)27/h1-7,10-11,20,29H,8-9,12-13H2. The molecule has 1 unspecified atom stereocenters. The van der Waals surface area contributed by atoms with Crippen LogP contribution >= 0.6 is 23.4 Å². The van der Waals surface area contributed by atoms with E-state index >= 15 is 0 Å². The summed E-state index contributed by atoms with van der Waals surface area (Å²) >= 11 is 8.10. The number of ketones is 1. The molecule has 0 bridgehead atoms. The third-order valence-electron chi connectivity index (χ3n) is 6.64. The molecular formula is C24H19ClN2O3S. The number of halogens is 1. The summed E-state index contributed by atoms with van der Waals surface area (Å²) in [7, 11) is 0. The van der Waals surface area contributed by atoms with Gasteiger partial charge >= 0.3 is 0 Å². The Bertz CT molecular complexity index is 1310. The highest BCUT2D eigenvalue weighted by molar-refractivity contribution is 7.98. The molecule has 5 nitrogen and oxygen atoms in total. The highest BCUT2D eigenvalue weighted by Gasteiger charge is 2.56. The molecule has 1 aliphatic carbocycles. The lowest BCUT2D eigenvalue weighted by molar-refractivity contribution is 0.0856. The summed E-state index contributed by atoms with van der Waals surface area (Å²) in [6.45, 7) is 0.535. The van der Waals surface area contributed by atoms with E-state index in [4.69, 9.17) is 11.6 Å². The van der Waals surface area contributed by atoms with Crippen molar-refractivity contribution in [3.05, 3.63) is 92.4 Å². The minimum absolute atomic E-state index is 0.0983. The fraction of sp³-hybridized carbons (Fsp3) is 0.250. The summed E-state index contributed by atoms with van der Waals surface area (Å²) in [6, 6.07) is 15.4. The number of thioether (sulfide) groups is 1. The Morgan fingerprint density at radius 3 is 2.68 bits per heavy atom. The number of hydrogen-bond donors (Lipinski definition) is 1. The van der Waals surface area contributed by atoms with Gasteiger partial charge < -0.3 is 5.11 Å². The van der Waals surface area contributed by atoms with Crippen molar-refractivity contribution in [2.24, 2.45) is 5.41 Å². The number of Topliss-reactive ketones (excluding diaryl/α,β-unsaturated/α-hetero) is 1. The van der Waals surface area contributed by atoms with Gasteiger partial charge in [-0.1, -0.05) is 35.9 Å². The van der Waals surface area contributed by atoms with Crippen molar-refractivity contribution in [2.75, 3.05) is 11.6 Å². The minimum atomic E-state index is -0.535. The van der Waals surface area contributed by atoms with E-state index in [2.05, 4.69) is 23.2 Å². The molecule has 2 aliphatic heterocycles. The van der Waals surface area contributed by atoms with Gasteiger partial charge in [-0.05, 0) is 47.7 Å². The zero-order valence-electron chi connectivity index (χ0n) is 16.5. The van der Waals surface area contributed by atoms with E-state index in [-0.39, 0.29) is 17.5 Å². The van der Waals surface area contributed by atoms with Crippen LogP contribution in [-0.2, 0) is 5.75 Å². The molecule has 1 fully saturated rings. The number of pyridine rings is 1. The van der Waals surface area contributed by atoms with Crippen LogP contribution < -0.4 is 10.4 Å². The van der Waals surface area contributed by atoms with E-state index in [0.717, 1.165) is 35.3 Å². The molecule has 1 saturated carbocycles. The van der Waals surface area contributed by atoms with E-state index < -0.39 is 16.6 Å². The third kappa shape index (κ3) is 2.78. The van der Waals surface area contributed by atoms with E-state index in [1.807, 2.05) is 24.3 Å². The van der Waals surface area contributed by atoms with Crippen LogP contribution in [0.15, 0.2) is 64.4 Å². The van der Waals surface area contributed by atoms with E-state index in [1.54, 1.807) is 22.6 Å². The van der Waals surface area contributed by atoms with Gasteiger partial charge in [-0.2, -0.15) is 0 Å². The highest BCUT2D eigenvalue weighted by atomic mass is 35.5. The molecule has 1 N–H and O–H groups in total. The van der Waals surface area contributed by atoms with Crippen LogP contribution in [0, 0.1) is 5.41 Å². The average Bonchev–Trinajstić information content (AvgIpc) is 3.56. The number of rotatable bonds is 1. The molecule has 1 atom stereocenters. The summed E-state index contributed by atoms with van der Waals surface area (Å²) in [5, 5.41) is 13.4. The number of aromatic nitrogens is 1. The van der Waals surface area contributed by atoms with Crippen LogP contribution in [0.2, 0.25) is 5.02 Å². The lowest BCUT2D eigenvalue weighted by Gasteiger charge is -2.43. The second-order valence-corrected chi connectivity index (χ2v) is 9.95. The summed E-state index contributed by atoms with van der Waals surface area (Å²) < 4.78 is 1.69. The van der Waals surface area contributed by atoms with Gasteiger partial charge in [0.15, 0.2) is 17.2 Å². The number of benzene rings is 2. The lowest BCUT2D eigenvalue weighted by Crippen LogP contribution is -2.51. The molecule has 1 aromatic heterocycles. The first kappa shape index (κ1) is 19.0. The van der Waals surface area contributed by atoms with E-state index in [9.17, 15) is 14.7 Å². The minimum Gasteiger partial charge on any atom is -0.503 e. The summed E-state index contributed by atoms with van der Waals surface area (Å²) in [6.07, 6.45) is 3.14. The third-order valence-corrected chi connectivity index (χ3v) is 8.01. The molecule has 0 saturated heterocycles. The van der Waals surface area contributed by atoms with Crippen molar-refractivity contribution in [3.8, 4) is 5.75 Å². The maximum Gasteiger partial charge on any atom is 0.224 e. The zero-order chi connectivity index (χ0) is 21.3.